The maximum Gasteiger partial charge on any atom is 0.409 e. The fourth-order valence-electron chi connectivity index (χ4n) is 9.90. The summed E-state index contributed by atoms with van der Waals surface area (Å²) in [6.07, 6.45) is 1.46. The van der Waals surface area contributed by atoms with Crippen molar-refractivity contribution in [3.05, 3.63) is 77.3 Å². The highest BCUT2D eigenvalue weighted by Crippen LogP contribution is 2.57. The largest absolute Gasteiger partial charge is 0.474 e. The van der Waals surface area contributed by atoms with Crippen LogP contribution in [0.2, 0.25) is 0 Å². The smallest absolute Gasteiger partial charge is 0.409 e. The number of carbonyl (C=O) groups excluding carboxylic acids is 7. The van der Waals surface area contributed by atoms with Gasteiger partial charge in [0.05, 0.1) is 25.6 Å². The van der Waals surface area contributed by atoms with E-state index in [1.807, 2.05) is 0 Å². The fourth-order valence-corrected chi connectivity index (χ4v) is 11.9. The molecule has 34 heteroatoms. The molecule has 2 fully saturated rings. The summed E-state index contributed by atoms with van der Waals surface area (Å²) in [5, 5.41) is 22.1. The lowest BCUT2D eigenvalue weighted by molar-refractivity contribution is -0.137. The van der Waals surface area contributed by atoms with Gasteiger partial charge in [0.25, 0.3) is 17.4 Å². The number of aliphatic hydroxyl groups is 1. The Morgan fingerprint density at radius 3 is 2.38 bits per heavy atom. The minimum atomic E-state index is -4.36. The van der Waals surface area contributed by atoms with Crippen molar-refractivity contribution in [1.82, 2.24) is 49.9 Å². The Hall–Kier alpha value is -6.73. The van der Waals surface area contributed by atoms with Crippen LogP contribution in [-0.4, -0.2) is 162 Å². The van der Waals surface area contributed by atoms with Gasteiger partial charge < -0.3 is 48.9 Å². The van der Waals surface area contributed by atoms with Gasteiger partial charge in [0.1, 0.15) is 49.4 Å². The number of imidazole rings is 1. The van der Waals surface area contributed by atoms with Gasteiger partial charge in [0.15, 0.2) is 17.4 Å². The van der Waals surface area contributed by atoms with Gasteiger partial charge >= 0.3 is 21.6 Å². The highest BCUT2D eigenvalue weighted by molar-refractivity contribution is 8.44. The molecule has 30 nitrogen and oxygen atoms in total. The van der Waals surface area contributed by atoms with Crippen molar-refractivity contribution in [2.75, 3.05) is 44.0 Å². The SMILES string of the molecule is CC(C)[C@H](NC(=O)CCCCCN1C(=O)C=CC1=O)C(=O)N[C@@H](C)C(=O)Nc1ccc(COC(=O)N(C)CC(C)(C)CC(=O)Nc2nc3c(ncn3[C@@H]3O[C@H](COP=O)[C@@H](O)[C@H]3OP(=O)(S)OC[C@H]3C[C@@H](Oc4ccncn4)C[C@@H]3OS)c(=O)[nH]2)cc1. The van der Waals surface area contributed by atoms with Gasteiger partial charge in [0.2, 0.25) is 35.5 Å². The number of thiol groups is 2. The van der Waals surface area contributed by atoms with Crippen LogP contribution in [0, 0.1) is 17.3 Å². The standard InChI is InChI=1S/C53H70N12O18P2S2/c1-29(2)42(59-37(66)10-8-7-9-19-64-40(68)15-16-41(64)69)48(72)57-30(3)47(71)58-33-13-11-31(12-14-33)23-77-52(74)63(6)26-53(4,5)22-38(67)60-51-61-46-43(49(73)62-51)56-28-65(46)50-45(44(70)36(81-50)25-78-84-75)82-85(76,87)79-24-32-20-34(21-35(32)83-86)80-39-17-18-54-27-55-39/h11-18,27-30,32,34-36,42,44-45,50,70,86H,7-10,19-26H2,1-6H3,(H,57,72)(H,58,71)(H,59,66)(H,76,87)(H2,60,61,62,67,73)/t30-,32+,34+,35-,36+,42-,44+,45+,50+,85?/m0/s1. The summed E-state index contributed by atoms with van der Waals surface area (Å²) in [6, 6.07) is 6.15. The lowest BCUT2D eigenvalue weighted by Crippen LogP contribution is -2.53. The van der Waals surface area contributed by atoms with Crippen LogP contribution >= 0.6 is 40.6 Å². The van der Waals surface area contributed by atoms with E-state index < -0.39 is 106 Å². The zero-order valence-electron chi connectivity index (χ0n) is 48.3. The van der Waals surface area contributed by atoms with Crippen LogP contribution in [0.3, 0.4) is 0 Å². The number of nitrogens with zero attached hydrogens (tertiary/aromatic N) is 7. The van der Waals surface area contributed by atoms with E-state index in [0.717, 1.165) is 11.2 Å². The van der Waals surface area contributed by atoms with E-state index in [9.17, 15) is 52.6 Å². The minimum absolute atomic E-state index is 0.0352. The van der Waals surface area contributed by atoms with E-state index in [-0.39, 0.29) is 86.0 Å². The lowest BCUT2D eigenvalue weighted by Gasteiger charge is -2.29. The summed E-state index contributed by atoms with van der Waals surface area (Å²) >= 11 is 8.21. The van der Waals surface area contributed by atoms with Crippen LogP contribution < -0.4 is 31.6 Å². The number of H-pyrrole nitrogens is 1. The number of benzene rings is 1. The van der Waals surface area contributed by atoms with Gasteiger partial charge in [-0.15, -0.1) is 0 Å². The Morgan fingerprint density at radius 2 is 1.70 bits per heavy atom. The van der Waals surface area contributed by atoms with Gasteiger partial charge in [-0.25, -0.2) is 28.9 Å². The van der Waals surface area contributed by atoms with Gasteiger partial charge in [-0.05, 0) is 68.1 Å². The van der Waals surface area contributed by atoms with Crippen molar-refractivity contribution in [1.29, 1.82) is 0 Å². The van der Waals surface area contributed by atoms with Crippen molar-refractivity contribution < 1.29 is 79.8 Å². The molecular weight excluding hydrogens is 1220 g/mol. The summed E-state index contributed by atoms with van der Waals surface area (Å²) in [5.41, 5.74) is -1.04. The second-order valence-corrected chi connectivity index (χ2v) is 25.6. The average Bonchev–Trinajstić information content (AvgIpc) is 3.38. The zero-order chi connectivity index (χ0) is 63.2. The molecule has 3 aliphatic rings. The molecule has 1 saturated carbocycles. The van der Waals surface area contributed by atoms with E-state index in [4.69, 9.17) is 32.0 Å². The van der Waals surface area contributed by atoms with Crippen LogP contribution in [0.5, 0.6) is 5.88 Å². The predicted octanol–water partition coefficient (Wildman–Crippen LogP) is 4.61. The number of rotatable bonds is 31. The molecule has 87 heavy (non-hydrogen) atoms. The molecule has 0 radical (unpaired) electrons. The van der Waals surface area contributed by atoms with Crippen LogP contribution in [0.4, 0.5) is 16.4 Å². The van der Waals surface area contributed by atoms with E-state index in [1.165, 1.54) is 48.1 Å². The van der Waals surface area contributed by atoms with Gasteiger partial charge in [-0.3, -0.25) is 62.4 Å². The van der Waals surface area contributed by atoms with Crippen LogP contribution in [0.25, 0.3) is 11.2 Å². The van der Waals surface area contributed by atoms with E-state index in [2.05, 4.69) is 71.3 Å². The van der Waals surface area contributed by atoms with Crippen molar-refractivity contribution >= 4 is 105 Å². The molecule has 1 aromatic carbocycles. The molecule has 10 atom stereocenters. The molecule has 4 aromatic rings. The average molecular weight is 1290 g/mol. The first kappa shape index (κ1) is 67.8. The molecule has 3 aromatic heterocycles. The third-order valence-electron chi connectivity index (χ3n) is 14.2. The Bertz CT molecular complexity index is 3230. The maximum absolute atomic E-state index is 13.9. The fraction of sp³-hybridized carbons (Fsp3) is 0.547. The number of anilines is 2. The number of unbranched alkanes of at least 4 members (excludes halogenated alkanes) is 2. The van der Waals surface area contributed by atoms with Crippen LogP contribution in [-0.2, 0) is 71.7 Å². The van der Waals surface area contributed by atoms with Gasteiger partial charge in [-0.1, -0.05) is 58.5 Å². The first-order valence-electron chi connectivity index (χ1n) is 27.7. The van der Waals surface area contributed by atoms with Crippen molar-refractivity contribution in [3.8, 4) is 5.88 Å². The number of amides is 7. The Balaban J connectivity index is 0.866. The Morgan fingerprint density at radius 1 is 0.966 bits per heavy atom. The summed E-state index contributed by atoms with van der Waals surface area (Å²) in [7, 11) is 0.769. The number of fused-ring (bicyclic) bond motifs is 1. The molecule has 7 rings (SSSR count). The molecule has 0 spiro atoms. The summed E-state index contributed by atoms with van der Waals surface area (Å²) in [5.74, 6) is -3.39. The molecule has 472 valence electrons. The zero-order valence-corrected chi connectivity index (χ0v) is 51.9. The molecule has 5 heterocycles. The molecular formula is C53H70N12O18P2S2. The Kier molecular flexibility index (Phi) is 24.1. The first-order valence-corrected chi connectivity index (χ1v) is 31.5. The molecule has 0 bridgehead atoms. The van der Waals surface area contributed by atoms with E-state index in [1.54, 1.807) is 58.0 Å². The molecule has 1 saturated heterocycles. The minimum Gasteiger partial charge on any atom is -0.474 e. The number of aromatic amines is 1. The highest BCUT2D eigenvalue weighted by atomic mass is 32.7. The number of carbonyl (C=O) groups is 7. The molecule has 1 aliphatic carbocycles. The lowest BCUT2D eigenvalue weighted by atomic mass is 9.88. The van der Waals surface area contributed by atoms with E-state index in [0.29, 0.717) is 49.2 Å². The normalized spacial score (nSPS) is 21.6. The van der Waals surface area contributed by atoms with Crippen molar-refractivity contribution in [2.24, 2.45) is 17.3 Å². The number of ether oxygens (including phenoxy) is 3. The second kappa shape index (κ2) is 30.9. The number of hydrogen-bond donors (Lipinski definition) is 8. The molecule has 2 aliphatic heterocycles. The molecule has 6 N–H and O–H groups in total. The number of nitrogens with one attached hydrogen (secondary N) is 5. The quantitative estimate of drug-likeness (QED) is 0.0112. The third-order valence-corrected chi connectivity index (χ3v) is 16.4. The summed E-state index contributed by atoms with van der Waals surface area (Å²) in [4.78, 5) is 124. The second-order valence-electron chi connectivity index (χ2n) is 22.1. The topological polar surface area (TPSA) is 382 Å². The van der Waals surface area contributed by atoms with Gasteiger partial charge in [-0.2, -0.15) is 4.98 Å². The summed E-state index contributed by atoms with van der Waals surface area (Å²) in [6.45, 7) is 3.65. The monoisotopic (exact) mass is 1290 g/mol. The summed E-state index contributed by atoms with van der Waals surface area (Å²) < 4.78 is 65.8. The van der Waals surface area contributed by atoms with Crippen LogP contribution in [0.1, 0.15) is 91.4 Å². The first-order chi connectivity index (χ1) is 41.3. The highest BCUT2D eigenvalue weighted by Gasteiger charge is 2.50. The third kappa shape index (κ3) is 19.1. The van der Waals surface area contributed by atoms with Gasteiger partial charge in [0, 0.05) is 75.4 Å². The maximum atomic E-state index is 13.9. The number of imide groups is 1. The number of aliphatic hydroxyl groups excluding tert-OH is 1. The Labute approximate surface area is 511 Å². The predicted molar refractivity (Wildman–Crippen MR) is 316 cm³/mol. The molecule has 1 unspecified atom stereocenters. The van der Waals surface area contributed by atoms with Crippen LogP contribution in [0.15, 0.2) is 66.1 Å². The van der Waals surface area contributed by atoms with Crippen molar-refractivity contribution in [3.63, 3.8) is 0 Å². The molecule has 7 amide bonds. The number of aromatic nitrogens is 6. The number of hydrogen-bond acceptors (Lipinski definition) is 23. The van der Waals surface area contributed by atoms with E-state index >= 15 is 0 Å². The van der Waals surface area contributed by atoms with Crippen molar-refractivity contribution in [2.45, 2.75) is 135 Å².